The Balaban J connectivity index is 0.00000272. The summed E-state index contributed by atoms with van der Waals surface area (Å²) < 4.78 is 0. The van der Waals surface area contributed by atoms with Crippen LogP contribution in [-0.2, 0) is 6.42 Å². The average molecular weight is 458 g/mol. The van der Waals surface area contributed by atoms with Crippen LogP contribution < -0.4 is 5.56 Å². The number of nitrogens with one attached hydrogen (secondary N) is 1. The average Bonchev–Trinajstić information content (AvgIpc) is 2.75. The fourth-order valence-corrected chi connectivity index (χ4v) is 4.07. The molecule has 0 aliphatic carbocycles. The Morgan fingerprint density at radius 1 is 1.19 bits per heavy atom. The van der Waals surface area contributed by atoms with Crippen LogP contribution in [0.1, 0.15) is 41.5 Å². The summed E-state index contributed by atoms with van der Waals surface area (Å²) in [6.45, 7) is 4.42. The van der Waals surface area contributed by atoms with Crippen LogP contribution >= 0.6 is 24.0 Å². The van der Waals surface area contributed by atoms with Crippen LogP contribution in [0.15, 0.2) is 53.3 Å². The first-order chi connectivity index (χ1) is 14.5. The zero-order chi connectivity index (χ0) is 21.1. The van der Waals surface area contributed by atoms with Gasteiger partial charge in [0, 0.05) is 25.1 Å². The van der Waals surface area contributed by atoms with Crippen LogP contribution in [0.3, 0.4) is 0 Å². The van der Waals surface area contributed by atoms with E-state index >= 15 is 0 Å². The number of benzene rings is 2. The first kappa shape index (κ1) is 23.2. The van der Waals surface area contributed by atoms with Gasteiger partial charge in [-0.2, -0.15) is 0 Å². The number of nitrogens with zero attached hydrogens (tertiary/aromatic N) is 2. The Bertz CT molecular complexity index is 1170. The predicted octanol–water partition coefficient (Wildman–Crippen LogP) is 4.92. The highest BCUT2D eigenvalue weighted by Gasteiger charge is 2.14. The molecule has 0 saturated heterocycles. The lowest BCUT2D eigenvalue weighted by Crippen LogP contribution is -2.30. The van der Waals surface area contributed by atoms with Gasteiger partial charge in [0.25, 0.3) is 5.56 Å². The minimum absolute atomic E-state index is 0. The van der Waals surface area contributed by atoms with Crippen molar-refractivity contribution in [3.8, 4) is 0 Å². The highest BCUT2D eigenvalue weighted by Crippen LogP contribution is 2.23. The maximum absolute atomic E-state index is 12.3. The molecule has 0 radical (unpaired) electrons. The molecule has 1 aliphatic heterocycles. The molecule has 7 heteroatoms. The number of Topliss-reactive ketones (excluding diaryl/α,β-unsaturated/α-hetero) is 1. The zero-order valence-electron chi connectivity index (χ0n) is 17.4. The van der Waals surface area contributed by atoms with E-state index in [2.05, 4.69) is 20.9 Å². The lowest BCUT2D eigenvalue weighted by molar-refractivity contribution is 0.101. The van der Waals surface area contributed by atoms with Crippen LogP contribution in [0.4, 0.5) is 0 Å². The second-order valence-electron chi connectivity index (χ2n) is 7.67. The summed E-state index contributed by atoms with van der Waals surface area (Å²) >= 11 is 6.20. The summed E-state index contributed by atoms with van der Waals surface area (Å²) in [6, 6.07) is 13.1. The fraction of sp³-hybridized carbons (Fsp3) is 0.292. The molecule has 5 nitrogen and oxygen atoms in total. The Labute approximate surface area is 192 Å². The molecular weight excluding hydrogens is 433 g/mol. The van der Waals surface area contributed by atoms with E-state index in [9.17, 15) is 9.59 Å². The number of aromatic nitrogens is 2. The third kappa shape index (κ3) is 5.42. The molecule has 0 spiro atoms. The molecule has 0 atom stereocenters. The van der Waals surface area contributed by atoms with Crippen molar-refractivity contribution >= 4 is 46.3 Å². The van der Waals surface area contributed by atoms with Gasteiger partial charge in [-0.1, -0.05) is 48.0 Å². The number of para-hydroxylation sites is 1. The van der Waals surface area contributed by atoms with Crippen LogP contribution in [0.25, 0.3) is 16.5 Å². The molecule has 1 N–H and O–H groups in total. The van der Waals surface area contributed by atoms with Crippen LogP contribution in [0.2, 0.25) is 5.02 Å². The molecule has 4 rings (SSSR count). The van der Waals surface area contributed by atoms with E-state index in [0.29, 0.717) is 28.2 Å². The highest BCUT2D eigenvalue weighted by molar-refractivity contribution is 6.34. The molecule has 1 aliphatic rings. The second kappa shape index (κ2) is 10.2. The molecule has 0 saturated carbocycles. The maximum Gasteiger partial charge on any atom is 0.258 e. The summed E-state index contributed by atoms with van der Waals surface area (Å²) in [5, 5.41) is 1.03. The second-order valence-corrected chi connectivity index (χ2v) is 8.07. The molecule has 31 heavy (non-hydrogen) atoms. The number of aryl methyl sites for hydroxylation is 1. The number of halogens is 2. The zero-order valence-corrected chi connectivity index (χ0v) is 18.9. The Kier molecular flexibility index (Phi) is 7.65. The summed E-state index contributed by atoms with van der Waals surface area (Å²) in [6.07, 6.45) is 4.87. The number of aromatic amines is 1. The number of hydrogen-bond acceptors (Lipinski definition) is 4. The maximum atomic E-state index is 12.3. The number of H-pyrrole nitrogens is 1. The highest BCUT2D eigenvalue weighted by atomic mass is 35.5. The molecule has 3 aromatic rings. The van der Waals surface area contributed by atoms with Crippen LogP contribution in [0, 0.1) is 0 Å². The van der Waals surface area contributed by atoms with Crippen molar-refractivity contribution in [1.29, 1.82) is 0 Å². The number of carbonyl (C=O) groups is 1. The minimum Gasteiger partial charge on any atom is -0.310 e. The van der Waals surface area contributed by atoms with Gasteiger partial charge >= 0.3 is 0 Å². The first-order valence-corrected chi connectivity index (χ1v) is 10.6. The molecule has 2 aromatic carbocycles. The Hall–Kier alpha value is -2.47. The monoisotopic (exact) mass is 457 g/mol. The largest absolute Gasteiger partial charge is 0.310 e. The molecule has 0 bridgehead atoms. The van der Waals surface area contributed by atoms with E-state index < -0.39 is 0 Å². The lowest BCUT2D eigenvalue weighted by Gasteiger charge is -2.26. The first-order valence-electron chi connectivity index (χ1n) is 10.2. The standard InChI is InChI=1S/C24H24ClN3O2.ClH/c1-16(29)17-7-9-18(10-8-17)19-11-14-28(15-12-19)13-3-6-22-26-23-20(24(30)27-22)4-2-5-21(23)25;/h2,4-5,7-11H,3,6,12-15H2,1H3,(H,26,27,30);1H. The van der Waals surface area contributed by atoms with Crippen LogP contribution in [-0.4, -0.2) is 40.3 Å². The number of fused-ring (bicyclic) bond motifs is 1. The van der Waals surface area contributed by atoms with Crippen molar-refractivity contribution in [2.75, 3.05) is 19.6 Å². The van der Waals surface area contributed by atoms with Gasteiger partial charge in [-0.15, -0.1) is 12.4 Å². The molecule has 2 heterocycles. The third-order valence-corrected chi connectivity index (χ3v) is 5.88. The molecule has 0 fully saturated rings. The van der Waals surface area contributed by atoms with E-state index in [-0.39, 0.29) is 23.7 Å². The minimum atomic E-state index is -0.140. The van der Waals surface area contributed by atoms with Gasteiger partial charge < -0.3 is 4.98 Å². The fourth-order valence-electron chi connectivity index (χ4n) is 3.86. The number of ketones is 1. The number of rotatable bonds is 6. The van der Waals surface area contributed by atoms with Crippen molar-refractivity contribution in [2.45, 2.75) is 26.2 Å². The van der Waals surface area contributed by atoms with Crippen molar-refractivity contribution in [3.63, 3.8) is 0 Å². The molecule has 0 amide bonds. The van der Waals surface area contributed by atoms with Crippen molar-refractivity contribution in [3.05, 3.63) is 80.9 Å². The molecule has 1 aromatic heterocycles. The summed E-state index contributed by atoms with van der Waals surface area (Å²) in [7, 11) is 0. The van der Waals surface area contributed by atoms with Gasteiger partial charge in [0.15, 0.2) is 5.78 Å². The predicted molar refractivity (Wildman–Crippen MR) is 128 cm³/mol. The molecule has 0 unspecified atom stereocenters. The summed E-state index contributed by atoms with van der Waals surface area (Å²) in [5.74, 6) is 0.772. The SMILES string of the molecule is CC(=O)c1ccc(C2=CCN(CCCc3nc4c(Cl)cccc4c(=O)[nH]3)CC2)cc1.Cl. The Morgan fingerprint density at radius 2 is 1.97 bits per heavy atom. The van der Waals surface area contributed by atoms with E-state index in [1.165, 1.54) is 11.1 Å². The number of hydrogen-bond donors (Lipinski definition) is 1. The third-order valence-electron chi connectivity index (χ3n) is 5.58. The van der Waals surface area contributed by atoms with Gasteiger partial charge in [0.05, 0.1) is 15.9 Å². The Morgan fingerprint density at radius 3 is 2.65 bits per heavy atom. The van der Waals surface area contributed by atoms with E-state index in [1.54, 1.807) is 25.1 Å². The quantitative estimate of drug-likeness (QED) is 0.533. The summed E-state index contributed by atoms with van der Waals surface area (Å²) in [4.78, 5) is 33.5. The smallest absolute Gasteiger partial charge is 0.258 e. The summed E-state index contributed by atoms with van der Waals surface area (Å²) in [5.41, 5.74) is 3.70. The molecule has 162 valence electrons. The van der Waals surface area contributed by atoms with Gasteiger partial charge in [0.1, 0.15) is 5.82 Å². The normalized spacial score (nSPS) is 14.2. The van der Waals surface area contributed by atoms with E-state index in [1.807, 2.05) is 24.3 Å². The van der Waals surface area contributed by atoms with Crippen molar-refractivity contribution in [2.24, 2.45) is 0 Å². The topological polar surface area (TPSA) is 66.1 Å². The lowest BCUT2D eigenvalue weighted by atomic mass is 9.97. The van der Waals surface area contributed by atoms with Gasteiger partial charge in [-0.3, -0.25) is 14.5 Å². The number of carbonyl (C=O) groups excluding carboxylic acids is 1. The van der Waals surface area contributed by atoms with Crippen molar-refractivity contribution in [1.82, 2.24) is 14.9 Å². The van der Waals surface area contributed by atoms with Gasteiger partial charge in [-0.05, 0) is 49.6 Å². The van der Waals surface area contributed by atoms with Gasteiger partial charge in [-0.25, -0.2) is 4.98 Å². The van der Waals surface area contributed by atoms with Crippen LogP contribution in [0.5, 0.6) is 0 Å². The van der Waals surface area contributed by atoms with Crippen molar-refractivity contribution < 1.29 is 4.79 Å². The molecular formula is C24H25Cl2N3O2. The van der Waals surface area contributed by atoms with E-state index in [4.69, 9.17) is 11.6 Å². The van der Waals surface area contributed by atoms with Gasteiger partial charge in [0.2, 0.25) is 0 Å². The van der Waals surface area contributed by atoms with E-state index in [0.717, 1.165) is 38.0 Å².